The van der Waals surface area contributed by atoms with Crippen molar-refractivity contribution in [3.05, 3.63) is 69.8 Å². The summed E-state index contributed by atoms with van der Waals surface area (Å²) in [5, 5.41) is 16.9. The molecule has 8 nitrogen and oxygen atoms in total. The van der Waals surface area contributed by atoms with Gasteiger partial charge in [-0.3, -0.25) is 24.6 Å². The second kappa shape index (κ2) is 9.49. The van der Waals surface area contributed by atoms with Crippen LogP contribution in [0.2, 0.25) is 0 Å². The van der Waals surface area contributed by atoms with E-state index >= 15 is 0 Å². The molecule has 0 radical (unpaired) electrons. The van der Waals surface area contributed by atoms with Crippen molar-refractivity contribution in [1.82, 2.24) is 10.2 Å². The van der Waals surface area contributed by atoms with Crippen LogP contribution < -0.4 is 10.6 Å². The van der Waals surface area contributed by atoms with Gasteiger partial charge in [-0.15, -0.1) is 0 Å². The average molecular weight is 412 g/mol. The van der Waals surface area contributed by atoms with E-state index in [1.165, 1.54) is 12.1 Å². The van der Waals surface area contributed by atoms with Gasteiger partial charge >= 0.3 is 0 Å². The number of hydrogen-bond donors (Lipinski definition) is 2. The summed E-state index contributed by atoms with van der Waals surface area (Å²) in [6.45, 7) is 7.36. The highest BCUT2D eigenvalue weighted by atomic mass is 16.6. The zero-order chi connectivity index (χ0) is 22.5. The number of benzene rings is 2. The van der Waals surface area contributed by atoms with Gasteiger partial charge < -0.3 is 10.6 Å². The number of nitrogens with one attached hydrogen (secondary N) is 2. The molecule has 30 heavy (non-hydrogen) atoms. The third-order valence-electron chi connectivity index (χ3n) is 4.32. The Morgan fingerprint density at radius 3 is 2.33 bits per heavy atom. The zero-order valence-corrected chi connectivity index (χ0v) is 17.9. The number of anilines is 1. The quantitative estimate of drug-likeness (QED) is 0.535. The summed E-state index contributed by atoms with van der Waals surface area (Å²) in [4.78, 5) is 38.1. The Bertz CT molecular complexity index is 922. The van der Waals surface area contributed by atoms with E-state index in [-0.39, 0.29) is 23.8 Å². The lowest BCUT2D eigenvalue weighted by molar-refractivity contribution is -0.384. The predicted octanol–water partition coefficient (Wildman–Crippen LogP) is 3.43. The number of nitro benzene ring substituents is 1. The van der Waals surface area contributed by atoms with Crippen LogP contribution in [0.15, 0.2) is 48.5 Å². The molecule has 2 aromatic carbocycles. The highest BCUT2D eigenvalue weighted by molar-refractivity contribution is 5.97. The fourth-order valence-corrected chi connectivity index (χ4v) is 3.12. The SMILES string of the molecule is Cc1ccc(NC(=O)[C@H](c2ccccc2)N(C)CC(=O)NC(C)(C)C)c([N+](=O)[O-])c1. The van der Waals surface area contributed by atoms with Gasteiger partial charge in [0.15, 0.2) is 0 Å². The van der Waals surface area contributed by atoms with Crippen LogP contribution in [-0.4, -0.2) is 40.8 Å². The molecule has 160 valence electrons. The summed E-state index contributed by atoms with van der Waals surface area (Å²) in [5.74, 6) is -0.681. The van der Waals surface area contributed by atoms with Gasteiger partial charge in [-0.25, -0.2) is 0 Å². The Kier molecular flexibility index (Phi) is 7.28. The van der Waals surface area contributed by atoms with Crippen LogP contribution in [-0.2, 0) is 9.59 Å². The van der Waals surface area contributed by atoms with Crippen LogP contribution >= 0.6 is 0 Å². The van der Waals surface area contributed by atoms with Gasteiger partial charge in [-0.2, -0.15) is 0 Å². The lowest BCUT2D eigenvalue weighted by atomic mass is 10.0. The predicted molar refractivity (Wildman–Crippen MR) is 116 cm³/mol. The van der Waals surface area contributed by atoms with Gasteiger partial charge in [0.05, 0.1) is 11.5 Å². The van der Waals surface area contributed by atoms with Crippen molar-refractivity contribution in [2.45, 2.75) is 39.3 Å². The first-order valence-electron chi connectivity index (χ1n) is 9.60. The number of nitrogens with zero attached hydrogens (tertiary/aromatic N) is 2. The minimum absolute atomic E-state index is 0.0136. The molecule has 0 saturated carbocycles. The normalized spacial score (nSPS) is 12.3. The average Bonchev–Trinajstić information content (AvgIpc) is 2.62. The van der Waals surface area contributed by atoms with Gasteiger partial charge in [0, 0.05) is 11.6 Å². The van der Waals surface area contributed by atoms with E-state index in [2.05, 4.69) is 10.6 Å². The van der Waals surface area contributed by atoms with Crippen molar-refractivity contribution in [3.63, 3.8) is 0 Å². The molecule has 1 atom stereocenters. The number of hydrogen-bond acceptors (Lipinski definition) is 5. The molecule has 0 heterocycles. The Hall–Kier alpha value is -3.26. The van der Waals surface area contributed by atoms with Crippen molar-refractivity contribution in [2.75, 3.05) is 18.9 Å². The molecule has 0 spiro atoms. The molecule has 0 aliphatic carbocycles. The maximum Gasteiger partial charge on any atom is 0.293 e. The Morgan fingerprint density at radius 2 is 1.77 bits per heavy atom. The van der Waals surface area contributed by atoms with Gasteiger partial charge in [0.2, 0.25) is 11.8 Å². The summed E-state index contributed by atoms with van der Waals surface area (Å²) in [5.41, 5.74) is 0.934. The highest BCUT2D eigenvalue weighted by Gasteiger charge is 2.29. The van der Waals surface area contributed by atoms with Crippen LogP contribution in [0.25, 0.3) is 0 Å². The van der Waals surface area contributed by atoms with Crippen LogP contribution in [0.5, 0.6) is 0 Å². The number of amides is 2. The molecular weight excluding hydrogens is 384 g/mol. The Morgan fingerprint density at radius 1 is 1.13 bits per heavy atom. The molecule has 0 fully saturated rings. The first-order valence-corrected chi connectivity index (χ1v) is 9.60. The van der Waals surface area contributed by atoms with Crippen LogP contribution in [0.4, 0.5) is 11.4 Å². The van der Waals surface area contributed by atoms with Crippen molar-refractivity contribution < 1.29 is 14.5 Å². The molecule has 0 aliphatic heterocycles. The summed E-state index contributed by atoms with van der Waals surface area (Å²) in [7, 11) is 1.67. The van der Waals surface area contributed by atoms with Crippen LogP contribution in [0.1, 0.15) is 37.9 Å². The number of nitro groups is 1. The number of rotatable bonds is 7. The third-order valence-corrected chi connectivity index (χ3v) is 4.32. The maximum absolute atomic E-state index is 13.2. The van der Waals surface area contributed by atoms with Crippen molar-refractivity contribution >= 4 is 23.2 Å². The second-order valence-corrected chi connectivity index (χ2v) is 8.29. The first-order chi connectivity index (χ1) is 14.0. The molecule has 8 heteroatoms. The van der Waals surface area contributed by atoms with E-state index in [1.807, 2.05) is 26.8 Å². The van der Waals surface area contributed by atoms with Gasteiger partial charge in [-0.1, -0.05) is 36.4 Å². The van der Waals surface area contributed by atoms with E-state index in [0.29, 0.717) is 5.56 Å². The molecule has 0 aromatic heterocycles. The molecule has 0 unspecified atom stereocenters. The molecule has 0 bridgehead atoms. The smallest absolute Gasteiger partial charge is 0.293 e. The fraction of sp³-hybridized carbons (Fsp3) is 0.364. The lowest BCUT2D eigenvalue weighted by Gasteiger charge is -2.29. The largest absolute Gasteiger partial charge is 0.350 e. The molecular formula is C22H28N4O4. The minimum Gasteiger partial charge on any atom is -0.350 e. The van der Waals surface area contributed by atoms with E-state index in [9.17, 15) is 19.7 Å². The number of carbonyl (C=O) groups is 2. The van der Waals surface area contributed by atoms with Gasteiger partial charge in [0.25, 0.3) is 5.69 Å². The zero-order valence-electron chi connectivity index (χ0n) is 17.9. The van der Waals surface area contributed by atoms with Gasteiger partial charge in [-0.05, 0) is 51.9 Å². The second-order valence-electron chi connectivity index (χ2n) is 8.29. The maximum atomic E-state index is 13.2. The highest BCUT2D eigenvalue weighted by Crippen LogP contribution is 2.28. The van der Waals surface area contributed by atoms with E-state index < -0.39 is 22.4 Å². The van der Waals surface area contributed by atoms with E-state index in [0.717, 1.165) is 5.56 Å². The summed E-state index contributed by atoms with van der Waals surface area (Å²) in [6.07, 6.45) is 0. The lowest BCUT2D eigenvalue weighted by Crippen LogP contribution is -2.47. The molecule has 2 rings (SSSR count). The summed E-state index contributed by atoms with van der Waals surface area (Å²) >= 11 is 0. The minimum atomic E-state index is -0.808. The van der Waals surface area contributed by atoms with Crippen LogP contribution in [0.3, 0.4) is 0 Å². The number of likely N-dealkylation sites (N-methyl/N-ethyl adjacent to an activating group) is 1. The number of aryl methyl sites for hydroxylation is 1. The van der Waals surface area contributed by atoms with E-state index in [1.54, 1.807) is 49.2 Å². The van der Waals surface area contributed by atoms with Crippen molar-refractivity contribution in [1.29, 1.82) is 0 Å². The van der Waals surface area contributed by atoms with Gasteiger partial charge in [0.1, 0.15) is 11.7 Å². The fourth-order valence-electron chi connectivity index (χ4n) is 3.12. The molecule has 2 amide bonds. The molecule has 0 saturated heterocycles. The van der Waals surface area contributed by atoms with E-state index in [4.69, 9.17) is 0 Å². The van der Waals surface area contributed by atoms with Crippen LogP contribution in [0, 0.1) is 17.0 Å². The Labute approximate surface area is 176 Å². The molecule has 2 aromatic rings. The first kappa shape index (κ1) is 23.0. The summed E-state index contributed by atoms with van der Waals surface area (Å²) in [6, 6.07) is 12.8. The monoisotopic (exact) mass is 412 g/mol. The summed E-state index contributed by atoms with van der Waals surface area (Å²) < 4.78 is 0. The molecule has 0 aliphatic rings. The Balaban J connectivity index is 2.31. The third kappa shape index (κ3) is 6.38. The standard InChI is InChI=1S/C22H28N4O4/c1-15-11-12-17(18(13-15)26(29)30)23-21(28)20(16-9-7-6-8-10-16)25(5)14-19(27)24-22(2,3)4/h6-13,20H,14H2,1-5H3,(H,23,28)(H,24,27)/t20-/m0/s1. The topological polar surface area (TPSA) is 105 Å². The number of carbonyl (C=O) groups excluding carboxylic acids is 2. The molecule has 2 N–H and O–H groups in total. The van der Waals surface area contributed by atoms with Crippen molar-refractivity contribution in [2.24, 2.45) is 0 Å². The van der Waals surface area contributed by atoms with Crippen molar-refractivity contribution in [3.8, 4) is 0 Å².